The first kappa shape index (κ1) is 22.2. The van der Waals surface area contributed by atoms with E-state index in [1.165, 1.54) is 52.1 Å². The van der Waals surface area contributed by atoms with E-state index in [0.29, 0.717) is 0 Å². The molecule has 6 nitrogen and oxygen atoms in total. The van der Waals surface area contributed by atoms with Crippen LogP contribution in [-0.2, 0) is 0 Å². The highest BCUT2D eigenvalue weighted by Crippen LogP contribution is 2.25. The number of rotatable bonds is 7. The van der Waals surface area contributed by atoms with E-state index < -0.39 is 0 Å². The van der Waals surface area contributed by atoms with Crippen molar-refractivity contribution >= 4 is 23.2 Å². The number of piperazine rings is 2. The van der Waals surface area contributed by atoms with Gasteiger partial charge in [-0.25, -0.2) is 0 Å². The van der Waals surface area contributed by atoms with Gasteiger partial charge in [0, 0.05) is 66.0 Å². The van der Waals surface area contributed by atoms with E-state index in [-0.39, 0.29) is 0 Å². The van der Waals surface area contributed by atoms with E-state index in [1.54, 1.807) is 0 Å². The molecule has 0 spiro atoms. The van der Waals surface area contributed by atoms with Crippen LogP contribution in [0.1, 0.15) is 19.8 Å². The summed E-state index contributed by atoms with van der Waals surface area (Å²) in [6, 6.07) is 8.11. The second-order valence-electron chi connectivity index (χ2n) is 7.88. The van der Waals surface area contributed by atoms with Gasteiger partial charge >= 0.3 is 0 Å². The first-order valence-corrected chi connectivity index (χ1v) is 11.5. The summed E-state index contributed by atoms with van der Waals surface area (Å²) in [5, 5.41) is 4.40. The predicted octanol–water partition coefficient (Wildman–Crippen LogP) is 2.46. The number of guanidine groups is 1. The molecule has 1 N–H and O–H groups in total. The lowest BCUT2D eigenvalue weighted by molar-refractivity contribution is 0.136. The van der Waals surface area contributed by atoms with Gasteiger partial charge < -0.3 is 24.9 Å². The van der Waals surface area contributed by atoms with Gasteiger partial charge in [0.2, 0.25) is 0 Å². The SMILES string of the molecule is CCN1CCN(CCCCNC(=NC)N2CCN(c3ccccc3Cl)CC2)CC1. The van der Waals surface area contributed by atoms with Crippen LogP contribution in [0, 0.1) is 0 Å². The molecule has 0 aromatic heterocycles. The Morgan fingerprint density at radius 3 is 2.31 bits per heavy atom. The lowest BCUT2D eigenvalue weighted by Crippen LogP contribution is -2.52. The van der Waals surface area contributed by atoms with Crippen molar-refractivity contribution < 1.29 is 0 Å². The summed E-state index contributed by atoms with van der Waals surface area (Å²) in [7, 11) is 1.88. The molecule has 2 saturated heterocycles. The van der Waals surface area contributed by atoms with Crippen LogP contribution in [0.3, 0.4) is 0 Å². The molecule has 2 aliphatic rings. The maximum Gasteiger partial charge on any atom is 0.193 e. The number of hydrogen-bond acceptors (Lipinski definition) is 4. The topological polar surface area (TPSA) is 37.4 Å². The van der Waals surface area contributed by atoms with Crippen LogP contribution >= 0.6 is 11.6 Å². The molecule has 1 aromatic rings. The second-order valence-corrected chi connectivity index (χ2v) is 8.29. The van der Waals surface area contributed by atoms with Gasteiger partial charge in [0.25, 0.3) is 0 Å². The number of nitrogens with one attached hydrogen (secondary N) is 1. The maximum atomic E-state index is 6.36. The van der Waals surface area contributed by atoms with Crippen LogP contribution in [0.4, 0.5) is 5.69 Å². The summed E-state index contributed by atoms with van der Waals surface area (Å²) < 4.78 is 0. The number of para-hydroxylation sites is 1. The Bertz CT molecular complexity index is 636. The van der Waals surface area contributed by atoms with Crippen molar-refractivity contribution in [1.82, 2.24) is 20.0 Å². The molecule has 3 rings (SSSR count). The van der Waals surface area contributed by atoms with Crippen LogP contribution in [0.15, 0.2) is 29.3 Å². The maximum absolute atomic E-state index is 6.36. The fourth-order valence-electron chi connectivity index (χ4n) is 4.19. The third-order valence-corrected chi connectivity index (χ3v) is 6.40. The smallest absolute Gasteiger partial charge is 0.193 e. The van der Waals surface area contributed by atoms with Crippen molar-refractivity contribution in [2.45, 2.75) is 19.8 Å². The summed E-state index contributed by atoms with van der Waals surface area (Å²) in [6.45, 7) is 14.4. The second kappa shape index (κ2) is 11.6. The molecule has 0 amide bonds. The number of nitrogens with zero attached hydrogens (tertiary/aromatic N) is 5. The fourth-order valence-corrected chi connectivity index (χ4v) is 4.44. The summed E-state index contributed by atoms with van der Waals surface area (Å²) in [5.74, 6) is 1.03. The molecule has 7 heteroatoms. The minimum atomic E-state index is 0.833. The van der Waals surface area contributed by atoms with E-state index >= 15 is 0 Å². The molecule has 162 valence electrons. The number of halogens is 1. The Kier molecular flexibility index (Phi) is 8.90. The fraction of sp³-hybridized carbons (Fsp3) is 0.682. The summed E-state index contributed by atoms with van der Waals surface area (Å²) in [5.41, 5.74) is 1.14. The zero-order valence-electron chi connectivity index (χ0n) is 18.1. The average Bonchev–Trinajstić information content (AvgIpc) is 2.77. The van der Waals surface area contributed by atoms with Crippen LogP contribution in [0.2, 0.25) is 5.02 Å². The minimum absolute atomic E-state index is 0.833. The van der Waals surface area contributed by atoms with Crippen molar-refractivity contribution in [3.63, 3.8) is 0 Å². The van der Waals surface area contributed by atoms with Gasteiger partial charge in [-0.2, -0.15) is 0 Å². The van der Waals surface area contributed by atoms with Gasteiger partial charge in [-0.1, -0.05) is 30.7 Å². The molecular weight excluding hydrogens is 384 g/mol. The van der Waals surface area contributed by atoms with Crippen LogP contribution < -0.4 is 10.2 Å². The zero-order valence-corrected chi connectivity index (χ0v) is 18.9. The van der Waals surface area contributed by atoms with E-state index in [9.17, 15) is 0 Å². The molecule has 0 saturated carbocycles. The van der Waals surface area contributed by atoms with Gasteiger partial charge in [0.05, 0.1) is 10.7 Å². The van der Waals surface area contributed by atoms with Crippen molar-refractivity contribution in [2.24, 2.45) is 4.99 Å². The standard InChI is InChI=1S/C22H37ClN6/c1-3-26-12-14-27(15-13-26)11-7-6-10-25-22(24-2)29-18-16-28(17-19-29)21-9-5-4-8-20(21)23/h4-5,8-9H,3,6-7,10-19H2,1-2H3,(H,24,25). The lowest BCUT2D eigenvalue weighted by atomic mass is 10.2. The van der Waals surface area contributed by atoms with Crippen LogP contribution in [-0.4, -0.2) is 99.7 Å². The van der Waals surface area contributed by atoms with Gasteiger partial charge in [-0.05, 0) is 38.1 Å². The molecule has 0 atom stereocenters. The summed E-state index contributed by atoms with van der Waals surface area (Å²) in [6.07, 6.45) is 2.43. The largest absolute Gasteiger partial charge is 0.367 e. The molecule has 2 fully saturated rings. The van der Waals surface area contributed by atoms with E-state index in [0.717, 1.165) is 49.4 Å². The molecule has 29 heavy (non-hydrogen) atoms. The highest BCUT2D eigenvalue weighted by Gasteiger charge is 2.21. The zero-order chi connectivity index (χ0) is 20.5. The third kappa shape index (κ3) is 6.49. The van der Waals surface area contributed by atoms with Gasteiger partial charge in [-0.3, -0.25) is 4.99 Å². The molecular formula is C22H37ClN6. The van der Waals surface area contributed by atoms with Gasteiger partial charge in [-0.15, -0.1) is 0 Å². The van der Waals surface area contributed by atoms with Crippen molar-refractivity contribution in [1.29, 1.82) is 0 Å². The number of anilines is 1. The number of aliphatic imine (C=N–C) groups is 1. The van der Waals surface area contributed by atoms with Gasteiger partial charge in [0.1, 0.15) is 0 Å². The monoisotopic (exact) mass is 420 g/mol. The van der Waals surface area contributed by atoms with Crippen LogP contribution in [0.5, 0.6) is 0 Å². The van der Waals surface area contributed by atoms with Crippen molar-refractivity contribution in [3.05, 3.63) is 29.3 Å². The first-order valence-electron chi connectivity index (χ1n) is 11.1. The molecule has 0 aliphatic carbocycles. The normalized spacial score (nSPS) is 19.6. The average molecular weight is 421 g/mol. The molecule has 2 heterocycles. The Hall–Kier alpha value is -1.50. The Labute approximate surface area is 181 Å². The van der Waals surface area contributed by atoms with Gasteiger partial charge in [0.15, 0.2) is 5.96 Å². The molecule has 2 aliphatic heterocycles. The highest BCUT2D eigenvalue weighted by molar-refractivity contribution is 6.33. The number of unbranched alkanes of at least 4 members (excludes halogenated alkanes) is 1. The molecule has 0 bridgehead atoms. The Morgan fingerprint density at radius 1 is 0.966 bits per heavy atom. The van der Waals surface area contributed by atoms with Crippen molar-refractivity contribution in [2.75, 3.05) is 83.9 Å². The minimum Gasteiger partial charge on any atom is -0.367 e. The summed E-state index contributed by atoms with van der Waals surface area (Å²) in [4.78, 5) is 14.4. The highest BCUT2D eigenvalue weighted by atomic mass is 35.5. The van der Waals surface area contributed by atoms with Crippen molar-refractivity contribution in [3.8, 4) is 0 Å². The van der Waals surface area contributed by atoms with Crippen LogP contribution in [0.25, 0.3) is 0 Å². The molecule has 0 unspecified atom stereocenters. The molecule has 1 aromatic carbocycles. The predicted molar refractivity (Wildman–Crippen MR) is 124 cm³/mol. The van der Waals surface area contributed by atoms with E-state index in [4.69, 9.17) is 11.6 Å². The Morgan fingerprint density at radius 2 is 1.66 bits per heavy atom. The first-order chi connectivity index (χ1) is 14.2. The quantitative estimate of drug-likeness (QED) is 0.416. The number of likely N-dealkylation sites (N-methyl/N-ethyl adjacent to an activating group) is 1. The Balaban J connectivity index is 1.32. The number of benzene rings is 1. The van der Waals surface area contributed by atoms with E-state index in [1.807, 2.05) is 19.2 Å². The lowest BCUT2D eigenvalue weighted by Gasteiger charge is -2.38. The van der Waals surface area contributed by atoms with E-state index in [2.05, 4.69) is 49.0 Å². The number of hydrogen-bond donors (Lipinski definition) is 1. The molecule has 0 radical (unpaired) electrons. The summed E-state index contributed by atoms with van der Waals surface area (Å²) >= 11 is 6.36. The third-order valence-electron chi connectivity index (χ3n) is 6.08.